The number of aryl methyl sites for hydroxylation is 2. The number of aliphatic imine (C=N–C) groups is 1. The van der Waals surface area contributed by atoms with E-state index in [1.54, 1.807) is 0 Å². The topological polar surface area (TPSA) is 32.7 Å². The molecule has 0 saturated heterocycles. The fourth-order valence-corrected chi connectivity index (χ4v) is 3.94. The summed E-state index contributed by atoms with van der Waals surface area (Å²) in [5.41, 5.74) is 6.17. The van der Waals surface area contributed by atoms with E-state index >= 15 is 0 Å². The maximum atomic E-state index is 13.3. The van der Waals surface area contributed by atoms with Crippen molar-refractivity contribution in [2.24, 2.45) is 10.9 Å². The van der Waals surface area contributed by atoms with E-state index in [2.05, 4.69) is 26.0 Å². The number of amides is 1. The summed E-state index contributed by atoms with van der Waals surface area (Å²) in [5, 5.41) is 0.692. The first-order valence-corrected chi connectivity index (χ1v) is 9.16. The van der Waals surface area contributed by atoms with E-state index < -0.39 is 0 Å². The molecule has 4 rings (SSSR count). The summed E-state index contributed by atoms with van der Waals surface area (Å²) in [5.74, 6) is 0.0636. The second kappa shape index (κ2) is 6.30. The first kappa shape index (κ1) is 16.3. The molecule has 1 fully saturated rings. The molecule has 1 unspecified atom stereocenters. The van der Waals surface area contributed by atoms with Crippen LogP contribution in [0.2, 0.25) is 5.02 Å². The number of hydrogen-bond donors (Lipinski definition) is 0. The van der Waals surface area contributed by atoms with E-state index in [0.29, 0.717) is 11.6 Å². The normalized spacial score (nSPS) is 19.3. The van der Waals surface area contributed by atoms with Crippen LogP contribution >= 0.6 is 11.6 Å². The van der Waals surface area contributed by atoms with E-state index in [-0.39, 0.29) is 11.8 Å². The number of fused-ring (bicyclic) bond motifs is 2. The summed E-state index contributed by atoms with van der Waals surface area (Å²) in [6.07, 6.45) is 2.85. The zero-order valence-electron chi connectivity index (χ0n) is 14.6. The predicted molar refractivity (Wildman–Crippen MR) is 103 cm³/mol. The Morgan fingerprint density at radius 2 is 1.96 bits per heavy atom. The smallest absolute Gasteiger partial charge is 0.236 e. The zero-order valence-corrected chi connectivity index (χ0v) is 15.3. The molecule has 25 heavy (non-hydrogen) atoms. The van der Waals surface area contributed by atoms with Crippen molar-refractivity contribution < 1.29 is 4.79 Å². The van der Waals surface area contributed by atoms with Crippen LogP contribution in [0.4, 0.5) is 11.4 Å². The Bertz CT molecular complexity index is 887. The van der Waals surface area contributed by atoms with Gasteiger partial charge in [-0.2, -0.15) is 0 Å². The molecule has 4 heteroatoms. The lowest BCUT2D eigenvalue weighted by molar-refractivity contribution is -0.120. The monoisotopic (exact) mass is 352 g/mol. The third kappa shape index (κ3) is 2.87. The summed E-state index contributed by atoms with van der Waals surface area (Å²) in [6, 6.07) is 11.9. The van der Waals surface area contributed by atoms with Crippen molar-refractivity contribution in [3.63, 3.8) is 0 Å². The molecule has 2 aliphatic rings. The summed E-state index contributed by atoms with van der Waals surface area (Å²) in [6.45, 7) is 4.65. The SMILES string of the molecule is Cc1cc2c(cc1C)N(Cc1ccccc1Cl)C(=O)C1CCCC1=N2. The first-order valence-electron chi connectivity index (χ1n) is 8.78. The number of nitrogens with zero attached hydrogens (tertiary/aromatic N) is 2. The fraction of sp³-hybridized carbons (Fsp3) is 0.333. The Balaban J connectivity index is 1.85. The van der Waals surface area contributed by atoms with Crippen LogP contribution in [0, 0.1) is 19.8 Å². The molecule has 1 aliphatic carbocycles. The first-order chi connectivity index (χ1) is 12.0. The number of carbonyl (C=O) groups excluding carboxylic acids is 1. The van der Waals surface area contributed by atoms with Gasteiger partial charge in [-0.25, -0.2) is 0 Å². The minimum Gasteiger partial charge on any atom is -0.305 e. The van der Waals surface area contributed by atoms with E-state index in [1.807, 2.05) is 29.2 Å². The average Bonchev–Trinajstić information content (AvgIpc) is 3.01. The van der Waals surface area contributed by atoms with Crippen molar-refractivity contribution in [2.75, 3.05) is 4.90 Å². The largest absolute Gasteiger partial charge is 0.305 e. The van der Waals surface area contributed by atoms with Crippen LogP contribution < -0.4 is 4.90 Å². The maximum Gasteiger partial charge on any atom is 0.236 e. The van der Waals surface area contributed by atoms with Gasteiger partial charge in [0.2, 0.25) is 5.91 Å². The van der Waals surface area contributed by atoms with E-state index in [9.17, 15) is 4.79 Å². The average molecular weight is 353 g/mol. The van der Waals surface area contributed by atoms with Crippen LogP contribution in [-0.2, 0) is 11.3 Å². The number of carbonyl (C=O) groups is 1. The summed E-state index contributed by atoms with van der Waals surface area (Å²) < 4.78 is 0. The van der Waals surface area contributed by atoms with Crippen molar-refractivity contribution >= 4 is 34.6 Å². The molecule has 1 atom stereocenters. The molecule has 2 aromatic rings. The minimum atomic E-state index is -0.0875. The number of hydrogen-bond acceptors (Lipinski definition) is 2. The number of halogens is 1. The molecule has 1 aliphatic heterocycles. The Morgan fingerprint density at radius 3 is 2.76 bits per heavy atom. The van der Waals surface area contributed by atoms with Gasteiger partial charge in [-0.1, -0.05) is 29.8 Å². The van der Waals surface area contributed by atoms with E-state index in [4.69, 9.17) is 16.6 Å². The lowest BCUT2D eigenvalue weighted by Gasteiger charge is -2.26. The molecule has 0 radical (unpaired) electrons. The number of benzene rings is 2. The standard InChI is InChI=1S/C21H21ClN2O/c1-13-10-19-20(11-14(13)2)24(12-15-6-3-4-8-17(15)22)21(25)16-7-5-9-18(16)23-19/h3-4,6,8,10-11,16H,5,7,9,12H2,1-2H3. The van der Waals surface area contributed by atoms with Gasteiger partial charge < -0.3 is 4.90 Å². The summed E-state index contributed by atoms with van der Waals surface area (Å²) >= 11 is 6.36. The second-order valence-corrected chi connectivity index (χ2v) is 7.40. The van der Waals surface area contributed by atoms with E-state index in [1.165, 1.54) is 11.1 Å². The van der Waals surface area contributed by atoms with Crippen LogP contribution in [0.25, 0.3) is 0 Å². The fourth-order valence-electron chi connectivity index (χ4n) is 3.74. The highest BCUT2D eigenvalue weighted by molar-refractivity contribution is 6.31. The van der Waals surface area contributed by atoms with Gasteiger partial charge in [0.05, 0.1) is 23.8 Å². The van der Waals surface area contributed by atoms with Crippen LogP contribution in [0.15, 0.2) is 41.4 Å². The third-order valence-corrected chi connectivity index (χ3v) is 5.69. The highest BCUT2D eigenvalue weighted by Crippen LogP contribution is 2.40. The summed E-state index contributed by atoms with van der Waals surface area (Å²) in [7, 11) is 0. The molecule has 128 valence electrons. The Hall–Kier alpha value is -2.13. The Morgan fingerprint density at radius 1 is 1.20 bits per heavy atom. The van der Waals surface area contributed by atoms with E-state index in [0.717, 1.165) is 41.9 Å². The number of anilines is 1. The quantitative estimate of drug-likeness (QED) is 0.714. The lowest BCUT2D eigenvalue weighted by atomic mass is 10.0. The van der Waals surface area contributed by atoms with Gasteiger partial charge in [-0.15, -0.1) is 0 Å². The summed E-state index contributed by atoms with van der Waals surface area (Å²) in [4.78, 5) is 20.1. The van der Waals surface area contributed by atoms with Gasteiger partial charge in [-0.3, -0.25) is 9.79 Å². The van der Waals surface area contributed by atoms with Crippen molar-refractivity contribution in [1.29, 1.82) is 0 Å². The van der Waals surface area contributed by atoms with Crippen LogP contribution in [0.3, 0.4) is 0 Å². The molecule has 0 bridgehead atoms. The van der Waals surface area contributed by atoms with Gasteiger partial charge in [0.1, 0.15) is 0 Å². The number of rotatable bonds is 2. The van der Waals surface area contributed by atoms with Crippen molar-refractivity contribution in [1.82, 2.24) is 0 Å². The van der Waals surface area contributed by atoms with Crippen LogP contribution in [-0.4, -0.2) is 11.6 Å². The Labute approximate surface area is 153 Å². The maximum absolute atomic E-state index is 13.3. The molecule has 0 spiro atoms. The van der Waals surface area contributed by atoms with Crippen molar-refractivity contribution in [2.45, 2.75) is 39.7 Å². The molecule has 0 N–H and O–H groups in total. The van der Waals surface area contributed by atoms with Crippen molar-refractivity contribution in [3.05, 3.63) is 58.1 Å². The molecular weight excluding hydrogens is 332 g/mol. The lowest BCUT2D eigenvalue weighted by Crippen LogP contribution is -2.36. The van der Waals surface area contributed by atoms with Crippen molar-refractivity contribution in [3.8, 4) is 0 Å². The second-order valence-electron chi connectivity index (χ2n) is 6.99. The van der Waals surface area contributed by atoms with Gasteiger partial charge in [0.25, 0.3) is 0 Å². The van der Waals surface area contributed by atoms with Gasteiger partial charge in [0.15, 0.2) is 0 Å². The molecule has 1 saturated carbocycles. The van der Waals surface area contributed by atoms with Gasteiger partial charge in [-0.05, 0) is 68.0 Å². The van der Waals surface area contributed by atoms with Crippen LogP contribution in [0.5, 0.6) is 0 Å². The molecule has 3 nitrogen and oxygen atoms in total. The molecule has 0 aromatic heterocycles. The minimum absolute atomic E-state index is 0.0875. The van der Waals surface area contributed by atoms with Gasteiger partial charge >= 0.3 is 0 Å². The predicted octanol–water partition coefficient (Wildman–Crippen LogP) is 5.38. The van der Waals surface area contributed by atoms with Crippen LogP contribution in [0.1, 0.15) is 36.0 Å². The molecule has 2 aromatic carbocycles. The van der Waals surface area contributed by atoms with Gasteiger partial charge in [0, 0.05) is 10.7 Å². The highest BCUT2D eigenvalue weighted by Gasteiger charge is 2.36. The highest BCUT2D eigenvalue weighted by atomic mass is 35.5. The third-order valence-electron chi connectivity index (χ3n) is 5.32. The molecule has 1 heterocycles. The Kier molecular flexibility index (Phi) is 4.12. The molecule has 1 amide bonds. The zero-order chi connectivity index (χ0) is 17.6. The molecular formula is C21H21ClN2O.